The fourth-order valence-electron chi connectivity index (χ4n) is 2.24. The van der Waals surface area contributed by atoms with Gasteiger partial charge >= 0.3 is 12.1 Å². The van der Waals surface area contributed by atoms with Crippen LogP contribution in [0.25, 0.3) is 0 Å². The number of hydrogen-bond donors (Lipinski definition) is 1. The molecule has 24 heavy (non-hydrogen) atoms. The summed E-state index contributed by atoms with van der Waals surface area (Å²) in [5.41, 5.74) is 0.0979. The third-order valence-corrected chi connectivity index (χ3v) is 3.54. The second-order valence-electron chi connectivity index (χ2n) is 4.85. The van der Waals surface area contributed by atoms with E-state index < -0.39 is 17.7 Å². The van der Waals surface area contributed by atoms with Crippen LogP contribution in [0.15, 0.2) is 42.5 Å². The Balaban J connectivity index is 2.40. The third kappa shape index (κ3) is 3.73. The number of carbonyl (C=O) groups excluding carboxylic acids is 1. The summed E-state index contributed by atoms with van der Waals surface area (Å²) in [5, 5.41) is 9.68. The van der Waals surface area contributed by atoms with Gasteiger partial charge in [0.05, 0.1) is 5.56 Å². The molecule has 0 aromatic heterocycles. The number of phenolic OH excluding ortho intramolecular Hbond substituents is 1. The van der Waals surface area contributed by atoms with Crippen LogP contribution in [0.5, 0.6) is 5.75 Å². The first-order chi connectivity index (χ1) is 11.3. The van der Waals surface area contributed by atoms with Gasteiger partial charge in [0.2, 0.25) is 0 Å². The highest BCUT2D eigenvalue weighted by molar-refractivity contribution is 6.16. The van der Waals surface area contributed by atoms with E-state index in [4.69, 9.17) is 11.9 Å². The lowest BCUT2D eigenvalue weighted by molar-refractivity contribution is -0.137. The Morgan fingerprint density at radius 2 is 1.75 bits per heavy atom. The molecule has 0 saturated carbocycles. The number of benzene rings is 2. The first-order valence-electron chi connectivity index (χ1n) is 6.88. The minimum absolute atomic E-state index is 0.145. The maximum absolute atomic E-state index is 12.6. The van der Waals surface area contributed by atoms with Gasteiger partial charge < -0.3 is 14.3 Å². The molecular formula is C16H13ClF3NO3. The highest BCUT2D eigenvalue weighted by atomic mass is 35.5. The predicted octanol–water partition coefficient (Wildman–Crippen LogP) is 4.88. The van der Waals surface area contributed by atoms with E-state index in [9.17, 15) is 23.1 Å². The highest BCUT2D eigenvalue weighted by Crippen LogP contribution is 2.33. The number of phenols is 1. The van der Waals surface area contributed by atoms with Gasteiger partial charge in [-0.15, -0.1) is 0 Å². The van der Waals surface area contributed by atoms with Crippen LogP contribution in [-0.4, -0.2) is 17.6 Å². The zero-order chi connectivity index (χ0) is 17.9. The number of hydrogen-bond acceptors (Lipinski definition) is 4. The van der Waals surface area contributed by atoms with Crippen LogP contribution in [0.3, 0.4) is 0 Å². The van der Waals surface area contributed by atoms with Crippen molar-refractivity contribution >= 4 is 29.2 Å². The summed E-state index contributed by atoms with van der Waals surface area (Å²) in [6.45, 7) is 2.22. The van der Waals surface area contributed by atoms with Gasteiger partial charge in [0.1, 0.15) is 23.2 Å². The summed E-state index contributed by atoms with van der Waals surface area (Å²) in [6, 6.07) is 8.78. The Morgan fingerprint density at radius 1 is 1.17 bits per heavy atom. The van der Waals surface area contributed by atoms with Crippen molar-refractivity contribution in [3.8, 4) is 5.75 Å². The van der Waals surface area contributed by atoms with Crippen LogP contribution in [0, 0.1) is 0 Å². The van der Waals surface area contributed by atoms with Crippen LogP contribution in [0.1, 0.15) is 22.8 Å². The first kappa shape index (κ1) is 17.9. The normalized spacial score (nSPS) is 11.2. The van der Waals surface area contributed by atoms with Gasteiger partial charge in [-0.1, -0.05) is 0 Å². The molecule has 2 aromatic rings. The number of aromatic hydroxyl groups is 1. The molecule has 0 fully saturated rings. The third-order valence-electron chi connectivity index (χ3n) is 3.40. The molecule has 2 aromatic carbocycles. The second kappa shape index (κ2) is 7.00. The summed E-state index contributed by atoms with van der Waals surface area (Å²) in [7, 11) is 0. The van der Waals surface area contributed by atoms with Gasteiger partial charge in [0.15, 0.2) is 0 Å². The molecule has 128 valence electrons. The zero-order valence-electron chi connectivity index (χ0n) is 12.5. The van der Waals surface area contributed by atoms with Crippen molar-refractivity contribution < 1.29 is 27.4 Å². The smallest absolute Gasteiger partial charge is 0.416 e. The number of nitrogens with zero attached hydrogens (tertiary/aromatic N) is 1. The van der Waals surface area contributed by atoms with Crippen molar-refractivity contribution in [1.82, 2.24) is 0 Å². The molecular weight excluding hydrogens is 347 g/mol. The summed E-state index contributed by atoms with van der Waals surface area (Å²) in [4.78, 5) is 13.2. The SMILES string of the molecule is CCN(c1ccc(C(F)(F)F)cc1)c1ccc(O)c(C(=O)OCl)c1. The number of halogens is 4. The Kier molecular flexibility index (Phi) is 5.23. The Morgan fingerprint density at radius 3 is 2.25 bits per heavy atom. The van der Waals surface area contributed by atoms with Gasteiger partial charge in [-0.25, -0.2) is 4.79 Å². The number of carbonyl (C=O) groups is 1. The summed E-state index contributed by atoms with van der Waals surface area (Å²) < 4.78 is 42.0. The van der Waals surface area contributed by atoms with Gasteiger partial charge in [0, 0.05) is 17.9 Å². The van der Waals surface area contributed by atoms with Crippen LogP contribution in [-0.2, 0) is 10.5 Å². The molecule has 0 spiro atoms. The molecule has 0 aliphatic carbocycles. The molecule has 0 aliphatic rings. The van der Waals surface area contributed by atoms with Crippen molar-refractivity contribution in [2.75, 3.05) is 11.4 Å². The Bertz CT molecular complexity index is 732. The molecule has 0 saturated heterocycles. The van der Waals surface area contributed by atoms with E-state index in [1.54, 1.807) is 11.8 Å². The lowest BCUT2D eigenvalue weighted by Crippen LogP contribution is -2.17. The maximum Gasteiger partial charge on any atom is 0.416 e. The van der Waals surface area contributed by atoms with Crippen LogP contribution < -0.4 is 4.90 Å². The van der Waals surface area contributed by atoms with Crippen LogP contribution in [0.2, 0.25) is 0 Å². The van der Waals surface area contributed by atoms with Crippen molar-refractivity contribution in [2.45, 2.75) is 13.1 Å². The van der Waals surface area contributed by atoms with E-state index in [0.717, 1.165) is 12.1 Å². The van der Waals surface area contributed by atoms with Crippen LogP contribution >= 0.6 is 11.9 Å². The van der Waals surface area contributed by atoms with Gasteiger partial charge in [-0.3, -0.25) is 0 Å². The fraction of sp³-hybridized carbons (Fsp3) is 0.188. The Hall–Kier alpha value is -2.41. The molecule has 0 atom stereocenters. The molecule has 0 radical (unpaired) electrons. The summed E-state index contributed by atoms with van der Waals surface area (Å²) in [5.74, 6) is -1.24. The molecule has 0 bridgehead atoms. The average molecular weight is 360 g/mol. The number of alkyl halides is 3. The summed E-state index contributed by atoms with van der Waals surface area (Å²) >= 11 is 5.02. The van der Waals surface area contributed by atoms with E-state index in [2.05, 4.69) is 4.29 Å². The predicted molar refractivity (Wildman–Crippen MR) is 83.5 cm³/mol. The molecule has 4 nitrogen and oxygen atoms in total. The Labute approximate surface area is 141 Å². The van der Waals surface area contributed by atoms with Crippen molar-refractivity contribution in [3.05, 3.63) is 53.6 Å². The van der Waals surface area contributed by atoms with Crippen LogP contribution in [0.4, 0.5) is 24.5 Å². The van der Waals surface area contributed by atoms with Gasteiger partial charge in [-0.2, -0.15) is 13.2 Å². The number of anilines is 2. The van der Waals surface area contributed by atoms with E-state index in [1.165, 1.54) is 30.3 Å². The van der Waals surface area contributed by atoms with E-state index in [-0.39, 0.29) is 11.3 Å². The van der Waals surface area contributed by atoms with Gasteiger partial charge in [0.25, 0.3) is 0 Å². The lowest BCUT2D eigenvalue weighted by Gasteiger charge is -2.24. The maximum atomic E-state index is 12.6. The van der Waals surface area contributed by atoms with E-state index in [1.807, 2.05) is 0 Å². The molecule has 8 heteroatoms. The molecule has 2 rings (SSSR count). The highest BCUT2D eigenvalue weighted by Gasteiger charge is 2.30. The monoisotopic (exact) mass is 359 g/mol. The lowest BCUT2D eigenvalue weighted by atomic mass is 10.1. The van der Waals surface area contributed by atoms with Crippen molar-refractivity contribution in [2.24, 2.45) is 0 Å². The first-order valence-corrected chi connectivity index (χ1v) is 7.19. The topological polar surface area (TPSA) is 49.8 Å². The minimum Gasteiger partial charge on any atom is -0.507 e. The largest absolute Gasteiger partial charge is 0.507 e. The fourth-order valence-corrected chi connectivity index (χ4v) is 2.32. The number of rotatable bonds is 4. The summed E-state index contributed by atoms with van der Waals surface area (Å²) in [6.07, 6.45) is -4.41. The van der Waals surface area contributed by atoms with E-state index in [0.29, 0.717) is 17.9 Å². The molecule has 0 unspecified atom stereocenters. The quantitative estimate of drug-likeness (QED) is 0.845. The zero-order valence-corrected chi connectivity index (χ0v) is 13.2. The molecule has 1 N–H and O–H groups in total. The minimum atomic E-state index is -4.41. The van der Waals surface area contributed by atoms with Crippen molar-refractivity contribution in [3.63, 3.8) is 0 Å². The van der Waals surface area contributed by atoms with Crippen molar-refractivity contribution in [1.29, 1.82) is 0 Å². The standard InChI is InChI=1S/C16H13ClF3NO3/c1-2-21(11-5-3-10(4-6-11)16(18,19)20)12-7-8-14(22)13(9-12)15(23)24-17/h3-9,22H,2H2,1H3. The second-order valence-corrected chi connectivity index (χ2v) is 5.01. The average Bonchev–Trinajstić information content (AvgIpc) is 2.56. The van der Waals surface area contributed by atoms with Gasteiger partial charge in [-0.05, 0) is 49.4 Å². The molecule has 0 heterocycles. The molecule has 0 aliphatic heterocycles. The van der Waals surface area contributed by atoms with E-state index >= 15 is 0 Å². The molecule has 0 amide bonds.